The summed E-state index contributed by atoms with van der Waals surface area (Å²) >= 11 is 1.48. The summed E-state index contributed by atoms with van der Waals surface area (Å²) in [6, 6.07) is 0. The van der Waals surface area contributed by atoms with Gasteiger partial charge < -0.3 is 0 Å². The molecule has 1 fully saturated rings. The monoisotopic (exact) mass is 199 g/mol. The molecule has 0 unspecified atom stereocenters. The van der Waals surface area contributed by atoms with Crippen molar-refractivity contribution >= 4 is 11.9 Å². The highest BCUT2D eigenvalue weighted by Crippen LogP contribution is 2.29. The molecule has 0 saturated carbocycles. The maximum atomic E-state index is 8.78. The molecule has 0 aromatic heterocycles. The normalized spacial score (nSPS) is 20.9. The van der Waals surface area contributed by atoms with Crippen molar-refractivity contribution in [3.05, 3.63) is 0 Å². The summed E-state index contributed by atoms with van der Waals surface area (Å²) < 4.78 is 1.00. The van der Waals surface area contributed by atoms with E-state index in [1.54, 1.807) is 0 Å². The molecule has 74 valence electrons. The Morgan fingerprint density at radius 1 is 1.31 bits per heavy atom. The van der Waals surface area contributed by atoms with Crippen LogP contribution in [0.3, 0.4) is 0 Å². The Morgan fingerprint density at radius 3 is 2.54 bits per heavy atom. The van der Waals surface area contributed by atoms with Gasteiger partial charge in [0.15, 0.2) is 17.3 Å². The number of piperidine rings is 1. The molecule has 0 aliphatic carbocycles. The maximum Gasteiger partial charge on any atom is 0.196 e. The van der Waals surface area contributed by atoms with Gasteiger partial charge >= 0.3 is 0 Å². The van der Waals surface area contributed by atoms with Gasteiger partial charge in [-0.05, 0) is 25.7 Å². The van der Waals surface area contributed by atoms with E-state index in [0.717, 1.165) is 3.89 Å². The van der Waals surface area contributed by atoms with Crippen molar-refractivity contribution in [3.63, 3.8) is 0 Å². The van der Waals surface area contributed by atoms with Gasteiger partial charge in [0.2, 0.25) is 0 Å². The number of hydrogen-bond donors (Lipinski definition) is 0. The lowest BCUT2D eigenvalue weighted by atomic mass is 10.1. The molecule has 13 heavy (non-hydrogen) atoms. The zero-order valence-electron chi connectivity index (χ0n) is 8.46. The predicted molar refractivity (Wildman–Crippen MR) is 56.8 cm³/mol. The first kappa shape index (κ1) is 10.9. The van der Waals surface area contributed by atoms with Gasteiger partial charge in [-0.3, -0.25) is 0 Å². The Morgan fingerprint density at radius 2 is 2.00 bits per heavy atom. The van der Waals surface area contributed by atoms with Crippen LogP contribution in [0.15, 0.2) is 0 Å². The van der Waals surface area contributed by atoms with Crippen LogP contribution < -0.4 is 0 Å². The number of likely N-dealkylation sites (tertiary alicyclic amines) is 1. The van der Waals surface area contributed by atoms with Crippen LogP contribution in [0.2, 0.25) is 0 Å². The number of nitrogens with zero attached hydrogens (tertiary/aromatic N) is 2. The fraction of sp³-hybridized carbons (Fsp3) is 0.900. The third-order valence-corrected chi connectivity index (χ3v) is 3.80. The maximum absolute atomic E-state index is 8.78. The van der Waals surface area contributed by atoms with Crippen molar-refractivity contribution < 1.29 is 3.89 Å². The Balaban J connectivity index is 2.46. The van der Waals surface area contributed by atoms with Gasteiger partial charge in [0, 0.05) is 0 Å². The lowest BCUT2D eigenvalue weighted by molar-refractivity contribution is -0.800. The first-order valence-corrected chi connectivity index (χ1v) is 6.04. The van der Waals surface area contributed by atoms with Crippen LogP contribution in [0.5, 0.6) is 0 Å². The van der Waals surface area contributed by atoms with Crippen molar-refractivity contribution in [2.45, 2.75) is 39.0 Å². The first-order chi connectivity index (χ1) is 6.33. The summed E-state index contributed by atoms with van der Waals surface area (Å²) in [6.07, 6.45) is 6.47. The molecule has 0 amide bonds. The van der Waals surface area contributed by atoms with Gasteiger partial charge in [-0.2, -0.15) is 5.26 Å². The average Bonchev–Trinajstić information content (AvgIpc) is 2.17. The quantitative estimate of drug-likeness (QED) is 0.395. The fourth-order valence-electron chi connectivity index (χ4n) is 1.98. The summed E-state index contributed by atoms with van der Waals surface area (Å²) in [5.74, 6) is 0. The number of unbranched alkanes of at least 4 members (excludes halogenated alkanes) is 1. The number of rotatable bonds is 4. The molecule has 0 bridgehead atoms. The number of hydrogen-bond acceptors (Lipinski definition) is 2. The second-order valence-corrected chi connectivity index (χ2v) is 4.97. The third kappa shape index (κ3) is 3.21. The molecular weight excluding hydrogens is 180 g/mol. The van der Waals surface area contributed by atoms with E-state index in [-0.39, 0.29) is 0 Å². The Bertz CT molecular complexity index is 180. The summed E-state index contributed by atoms with van der Waals surface area (Å²) in [6.45, 7) is 5.82. The van der Waals surface area contributed by atoms with Gasteiger partial charge in [0.05, 0.1) is 19.6 Å². The second-order valence-electron chi connectivity index (χ2n) is 3.83. The highest BCUT2D eigenvalue weighted by atomic mass is 32.2. The van der Waals surface area contributed by atoms with Crippen molar-refractivity contribution in [2.75, 3.05) is 19.6 Å². The van der Waals surface area contributed by atoms with Crippen LogP contribution in [0, 0.1) is 10.7 Å². The topological polar surface area (TPSA) is 23.8 Å². The molecule has 1 saturated heterocycles. The Kier molecular flexibility index (Phi) is 4.61. The van der Waals surface area contributed by atoms with E-state index in [1.165, 1.54) is 63.7 Å². The molecule has 0 atom stereocenters. The van der Waals surface area contributed by atoms with Crippen LogP contribution in [-0.4, -0.2) is 23.5 Å². The fourth-order valence-corrected chi connectivity index (χ4v) is 2.82. The minimum absolute atomic E-state index is 1.00. The van der Waals surface area contributed by atoms with Crippen LogP contribution in [-0.2, 0) is 0 Å². The third-order valence-electron chi connectivity index (χ3n) is 2.78. The summed E-state index contributed by atoms with van der Waals surface area (Å²) in [5, 5.41) is 11.1. The number of thiocyanates is 1. The van der Waals surface area contributed by atoms with Crippen molar-refractivity contribution in [1.82, 2.24) is 0 Å². The summed E-state index contributed by atoms with van der Waals surface area (Å²) in [5.41, 5.74) is 0. The molecule has 1 aliphatic heterocycles. The van der Waals surface area contributed by atoms with E-state index in [9.17, 15) is 0 Å². The zero-order chi connectivity index (χ0) is 9.57. The van der Waals surface area contributed by atoms with E-state index in [4.69, 9.17) is 5.26 Å². The van der Waals surface area contributed by atoms with Gasteiger partial charge in [0.1, 0.15) is 0 Å². The highest BCUT2D eigenvalue weighted by Gasteiger charge is 2.31. The van der Waals surface area contributed by atoms with E-state index in [0.29, 0.717) is 0 Å². The summed E-state index contributed by atoms with van der Waals surface area (Å²) in [7, 11) is 0. The molecule has 0 spiro atoms. The molecule has 3 heteroatoms. The van der Waals surface area contributed by atoms with Gasteiger partial charge in [-0.15, -0.1) is 0 Å². The molecule has 1 heterocycles. The molecular formula is C10H19N2S+. The molecule has 0 aromatic rings. The van der Waals surface area contributed by atoms with E-state index in [2.05, 4.69) is 12.3 Å². The predicted octanol–water partition coefficient (Wildman–Crippen LogP) is 2.92. The zero-order valence-corrected chi connectivity index (χ0v) is 9.28. The van der Waals surface area contributed by atoms with Gasteiger partial charge in [-0.1, -0.05) is 13.3 Å². The minimum Gasteiger partial charge on any atom is -0.248 e. The van der Waals surface area contributed by atoms with Gasteiger partial charge in [0.25, 0.3) is 0 Å². The lowest BCUT2D eigenvalue weighted by Gasteiger charge is -2.36. The second kappa shape index (κ2) is 5.51. The molecule has 0 N–H and O–H groups in total. The van der Waals surface area contributed by atoms with Crippen molar-refractivity contribution in [2.24, 2.45) is 0 Å². The Hall–Kier alpha value is -0.200. The average molecular weight is 199 g/mol. The highest BCUT2D eigenvalue weighted by molar-refractivity contribution is 7.98. The van der Waals surface area contributed by atoms with Gasteiger partial charge in [-0.25, -0.2) is 3.89 Å². The molecule has 2 nitrogen and oxygen atoms in total. The smallest absolute Gasteiger partial charge is 0.196 e. The molecule has 0 aromatic carbocycles. The van der Waals surface area contributed by atoms with Crippen molar-refractivity contribution in [3.8, 4) is 5.40 Å². The van der Waals surface area contributed by atoms with Crippen molar-refractivity contribution in [1.29, 1.82) is 5.26 Å². The van der Waals surface area contributed by atoms with Crippen LogP contribution in [0.4, 0.5) is 0 Å². The SMILES string of the molecule is CCCC[N+]1(SC#N)CCCCC1. The molecule has 1 aliphatic rings. The number of quaternary nitrogens is 1. The largest absolute Gasteiger partial charge is 0.248 e. The minimum atomic E-state index is 1.00. The standard InChI is InChI=1S/C10H19N2S/c1-2-3-7-12(13-10-11)8-5-4-6-9-12/h2-9H2,1H3/q+1. The summed E-state index contributed by atoms with van der Waals surface area (Å²) in [4.78, 5) is 0. The lowest BCUT2D eigenvalue weighted by Crippen LogP contribution is -2.45. The number of nitriles is 1. The van der Waals surface area contributed by atoms with E-state index < -0.39 is 0 Å². The molecule has 0 radical (unpaired) electrons. The molecule has 1 rings (SSSR count). The van der Waals surface area contributed by atoms with E-state index in [1.807, 2.05) is 0 Å². The van der Waals surface area contributed by atoms with E-state index >= 15 is 0 Å². The van der Waals surface area contributed by atoms with Crippen LogP contribution in [0.1, 0.15) is 39.0 Å². The first-order valence-electron chi connectivity index (χ1n) is 5.27. The Labute approximate surface area is 85.6 Å². The van der Waals surface area contributed by atoms with Crippen LogP contribution >= 0.6 is 11.9 Å². The van der Waals surface area contributed by atoms with Crippen LogP contribution in [0.25, 0.3) is 0 Å².